The van der Waals surface area contributed by atoms with Gasteiger partial charge in [-0.15, -0.1) is 0 Å². The van der Waals surface area contributed by atoms with Gasteiger partial charge in [0.1, 0.15) is 11.9 Å². The number of carbonyl (C=O) groups excluding carboxylic acids is 1. The van der Waals surface area contributed by atoms with Crippen molar-refractivity contribution in [3.63, 3.8) is 0 Å². The van der Waals surface area contributed by atoms with Crippen LogP contribution in [0, 0.1) is 5.82 Å². The van der Waals surface area contributed by atoms with E-state index in [1.165, 1.54) is 40.7 Å². The van der Waals surface area contributed by atoms with E-state index in [1.54, 1.807) is 0 Å². The second-order valence-electron chi connectivity index (χ2n) is 6.19. The van der Waals surface area contributed by atoms with Gasteiger partial charge in [-0.25, -0.2) is 12.8 Å². The summed E-state index contributed by atoms with van der Waals surface area (Å²) in [5.74, 6) is -1.26. The molecule has 1 N–H and O–H groups in total. The highest BCUT2D eigenvalue weighted by Gasteiger charge is 2.37. The number of halogens is 3. The minimum absolute atomic E-state index is 0.0428. The molecule has 1 atom stereocenters. The Morgan fingerprint density at radius 3 is 2.41 bits per heavy atom. The Bertz CT molecular complexity index is 952. The van der Waals surface area contributed by atoms with Gasteiger partial charge in [-0.1, -0.05) is 29.6 Å². The van der Waals surface area contributed by atoms with Crippen molar-refractivity contribution >= 4 is 44.8 Å². The molecule has 5 nitrogen and oxygen atoms in total. The van der Waals surface area contributed by atoms with E-state index in [1.807, 2.05) is 0 Å². The number of carbonyl (C=O) groups is 1. The highest BCUT2D eigenvalue weighted by molar-refractivity contribution is 7.89. The molecule has 0 saturated carbocycles. The predicted octanol–water partition coefficient (Wildman–Crippen LogP) is 4.31. The number of anilines is 1. The van der Waals surface area contributed by atoms with Gasteiger partial charge in [0.15, 0.2) is 0 Å². The summed E-state index contributed by atoms with van der Waals surface area (Å²) < 4.78 is 41.1. The van der Waals surface area contributed by atoms with Crippen molar-refractivity contribution in [1.29, 1.82) is 0 Å². The first kappa shape index (κ1) is 20.1. The zero-order chi connectivity index (χ0) is 19.6. The molecule has 27 heavy (non-hydrogen) atoms. The van der Waals surface area contributed by atoms with Crippen molar-refractivity contribution in [2.75, 3.05) is 11.9 Å². The molecule has 9 heteroatoms. The molecule has 1 saturated heterocycles. The van der Waals surface area contributed by atoms with Crippen molar-refractivity contribution in [2.45, 2.75) is 30.2 Å². The number of amides is 1. The molecule has 1 fully saturated rings. The standard InChI is InChI=1S/C18H17Cl2FN2O3S/c19-12-4-7-14(8-5-12)27(25,26)23-10-2-1-3-17(23)18(24)22-16-9-6-13(20)11-15(16)21/h4-9,11,17H,1-3,10H2,(H,22,24). The van der Waals surface area contributed by atoms with E-state index in [2.05, 4.69) is 5.32 Å². The third-order valence-electron chi connectivity index (χ3n) is 4.37. The molecule has 2 aromatic carbocycles. The molecule has 0 bridgehead atoms. The van der Waals surface area contributed by atoms with Crippen LogP contribution in [0.3, 0.4) is 0 Å². The third kappa shape index (κ3) is 4.43. The second-order valence-corrected chi connectivity index (χ2v) is 8.96. The van der Waals surface area contributed by atoms with Crippen LogP contribution in [0.1, 0.15) is 19.3 Å². The quantitative estimate of drug-likeness (QED) is 0.785. The van der Waals surface area contributed by atoms with Crippen LogP contribution in [-0.4, -0.2) is 31.2 Å². The Balaban J connectivity index is 1.86. The van der Waals surface area contributed by atoms with Gasteiger partial charge in [0.2, 0.25) is 15.9 Å². The number of nitrogens with zero attached hydrogens (tertiary/aromatic N) is 1. The molecule has 144 valence electrons. The smallest absolute Gasteiger partial charge is 0.243 e. The Labute approximate surface area is 167 Å². The lowest BCUT2D eigenvalue weighted by Crippen LogP contribution is -2.49. The van der Waals surface area contributed by atoms with Crippen LogP contribution in [0.25, 0.3) is 0 Å². The van der Waals surface area contributed by atoms with Crippen LogP contribution < -0.4 is 5.32 Å². The average Bonchev–Trinajstić information content (AvgIpc) is 2.64. The fraction of sp³-hybridized carbons (Fsp3) is 0.278. The zero-order valence-corrected chi connectivity index (χ0v) is 16.5. The van der Waals surface area contributed by atoms with Gasteiger partial charge in [-0.3, -0.25) is 4.79 Å². The van der Waals surface area contributed by atoms with Gasteiger partial charge in [0.05, 0.1) is 10.6 Å². The fourth-order valence-corrected chi connectivity index (χ4v) is 4.94. The molecule has 0 radical (unpaired) electrons. The Kier molecular flexibility index (Phi) is 6.05. The van der Waals surface area contributed by atoms with E-state index in [0.29, 0.717) is 24.3 Å². The molecule has 1 heterocycles. The van der Waals surface area contributed by atoms with Gasteiger partial charge < -0.3 is 5.32 Å². The number of nitrogens with one attached hydrogen (secondary N) is 1. The Morgan fingerprint density at radius 2 is 1.74 bits per heavy atom. The first-order valence-corrected chi connectivity index (χ1v) is 10.5. The Hall–Kier alpha value is -1.67. The van der Waals surface area contributed by atoms with Crippen LogP contribution in [0.2, 0.25) is 10.0 Å². The monoisotopic (exact) mass is 430 g/mol. The maximum atomic E-state index is 14.0. The lowest BCUT2D eigenvalue weighted by molar-refractivity contribution is -0.120. The van der Waals surface area contributed by atoms with Gasteiger partial charge in [-0.05, 0) is 55.3 Å². The van der Waals surface area contributed by atoms with Crippen LogP contribution in [0.4, 0.5) is 10.1 Å². The summed E-state index contributed by atoms with van der Waals surface area (Å²) in [7, 11) is -3.88. The zero-order valence-electron chi connectivity index (χ0n) is 14.2. The van der Waals surface area contributed by atoms with Crippen LogP contribution >= 0.6 is 23.2 Å². The molecule has 0 spiro atoms. The molecule has 1 amide bonds. The summed E-state index contributed by atoms with van der Waals surface area (Å²) >= 11 is 11.5. The highest BCUT2D eigenvalue weighted by atomic mass is 35.5. The first-order chi connectivity index (χ1) is 12.8. The maximum Gasteiger partial charge on any atom is 0.243 e. The van der Waals surface area contributed by atoms with Gasteiger partial charge in [-0.2, -0.15) is 4.31 Å². The van der Waals surface area contributed by atoms with E-state index >= 15 is 0 Å². The SMILES string of the molecule is O=C(Nc1ccc(Cl)cc1F)C1CCCCN1S(=O)(=O)c1ccc(Cl)cc1. The van der Waals surface area contributed by atoms with E-state index < -0.39 is 27.8 Å². The Morgan fingerprint density at radius 1 is 1.07 bits per heavy atom. The second kappa shape index (κ2) is 8.14. The predicted molar refractivity (Wildman–Crippen MR) is 103 cm³/mol. The normalized spacial score (nSPS) is 18.3. The number of piperidine rings is 1. The van der Waals surface area contributed by atoms with Crippen LogP contribution in [0.15, 0.2) is 47.4 Å². The largest absolute Gasteiger partial charge is 0.322 e. The molecule has 1 unspecified atom stereocenters. The molecule has 1 aliphatic heterocycles. The van der Waals surface area contributed by atoms with Crippen molar-refractivity contribution in [1.82, 2.24) is 4.31 Å². The summed E-state index contributed by atoms with van der Waals surface area (Å²) in [6.07, 6.45) is 1.70. The van der Waals surface area contributed by atoms with Crippen molar-refractivity contribution in [3.8, 4) is 0 Å². The van der Waals surface area contributed by atoms with E-state index in [-0.39, 0.29) is 22.2 Å². The summed E-state index contributed by atoms with van der Waals surface area (Å²) in [5.41, 5.74) is -0.0428. The molecule has 3 rings (SSSR count). The topological polar surface area (TPSA) is 66.5 Å². The van der Waals surface area contributed by atoms with Gasteiger partial charge in [0, 0.05) is 16.6 Å². The van der Waals surface area contributed by atoms with E-state index in [0.717, 1.165) is 6.07 Å². The lowest BCUT2D eigenvalue weighted by atomic mass is 10.0. The maximum absolute atomic E-state index is 14.0. The average molecular weight is 431 g/mol. The molecule has 1 aliphatic rings. The number of rotatable bonds is 4. The summed E-state index contributed by atoms with van der Waals surface area (Å²) in [5, 5.41) is 3.09. The number of hydrogen-bond donors (Lipinski definition) is 1. The van der Waals surface area contributed by atoms with Gasteiger partial charge >= 0.3 is 0 Å². The number of benzene rings is 2. The molecule has 2 aromatic rings. The lowest BCUT2D eigenvalue weighted by Gasteiger charge is -2.33. The highest BCUT2D eigenvalue weighted by Crippen LogP contribution is 2.28. The molecule has 0 aliphatic carbocycles. The van der Waals surface area contributed by atoms with Gasteiger partial charge in [0.25, 0.3) is 0 Å². The third-order valence-corrected chi connectivity index (χ3v) is 6.78. The molecule has 0 aromatic heterocycles. The van der Waals surface area contributed by atoms with Crippen LogP contribution in [-0.2, 0) is 14.8 Å². The summed E-state index contributed by atoms with van der Waals surface area (Å²) in [4.78, 5) is 12.8. The minimum Gasteiger partial charge on any atom is -0.322 e. The van der Waals surface area contributed by atoms with Crippen molar-refractivity contribution in [2.24, 2.45) is 0 Å². The number of hydrogen-bond acceptors (Lipinski definition) is 3. The van der Waals surface area contributed by atoms with Crippen molar-refractivity contribution < 1.29 is 17.6 Å². The summed E-state index contributed by atoms with van der Waals surface area (Å²) in [6, 6.07) is 8.72. The van der Waals surface area contributed by atoms with Crippen molar-refractivity contribution in [3.05, 3.63) is 58.3 Å². The van der Waals surface area contributed by atoms with Crippen LogP contribution in [0.5, 0.6) is 0 Å². The van der Waals surface area contributed by atoms with E-state index in [4.69, 9.17) is 23.2 Å². The molecular weight excluding hydrogens is 414 g/mol. The molecular formula is C18H17Cl2FN2O3S. The summed E-state index contributed by atoms with van der Waals surface area (Å²) in [6.45, 7) is 0.214. The fourth-order valence-electron chi connectivity index (χ4n) is 3.00. The first-order valence-electron chi connectivity index (χ1n) is 8.32. The minimum atomic E-state index is -3.88. The number of sulfonamides is 1. The van der Waals surface area contributed by atoms with E-state index in [9.17, 15) is 17.6 Å².